The van der Waals surface area contributed by atoms with Crippen LogP contribution in [-0.4, -0.2) is 18.7 Å². The fourth-order valence-electron chi connectivity index (χ4n) is 4.33. The summed E-state index contributed by atoms with van der Waals surface area (Å²) in [6.07, 6.45) is 9.00. The van der Waals surface area contributed by atoms with Gasteiger partial charge in [-0.1, -0.05) is 104 Å². The molecule has 0 spiro atoms. The van der Waals surface area contributed by atoms with Crippen LogP contribution in [0.3, 0.4) is 0 Å². The molecule has 0 unspecified atom stereocenters. The minimum Gasteiger partial charge on any atom is -0.200 e. The van der Waals surface area contributed by atoms with E-state index < -0.39 is 6.15 Å². The Labute approximate surface area is 207 Å². The third-order valence-electron chi connectivity index (χ3n) is 5.81. The Hall–Kier alpha value is -1.06. The van der Waals surface area contributed by atoms with Crippen molar-refractivity contribution in [1.82, 2.24) is 0 Å². The molecular formula is C26H32BCl3S. The molecule has 0 fully saturated rings. The molecule has 0 amide bonds. The Bertz CT molecular complexity index is 783. The van der Waals surface area contributed by atoms with Crippen molar-refractivity contribution in [3.05, 3.63) is 87.9 Å². The lowest BCUT2D eigenvalue weighted by molar-refractivity contribution is 0.698. The molecule has 0 aromatic heterocycles. The van der Waals surface area contributed by atoms with Gasteiger partial charge in [0.15, 0.2) is 0 Å². The zero-order valence-corrected chi connectivity index (χ0v) is 21.8. The van der Waals surface area contributed by atoms with Crippen LogP contribution in [0, 0.1) is 0 Å². The van der Waals surface area contributed by atoms with E-state index in [2.05, 4.69) is 55.8 Å². The Morgan fingerprint density at radius 1 is 0.581 bits per heavy atom. The molecule has 3 rings (SSSR count). The second-order valence-electron chi connectivity index (χ2n) is 8.00. The van der Waals surface area contributed by atoms with Gasteiger partial charge >= 0.3 is 0 Å². The standard InChI is InChI=1S/C24H25BCl3.C2H6S/c1-2-3-4-5-18-25(19-6-12-22(26)13-7-19,20-8-14-23(27)15-9-20)21-10-16-24(28)17-11-21;1-3-2/h6-17H,2-5,18H2,1H3;1-2H3/q-1;/p+1. The van der Waals surface area contributed by atoms with E-state index in [1.54, 1.807) is 0 Å². The smallest absolute Gasteiger partial charge is 0.0949 e. The highest BCUT2D eigenvalue weighted by Gasteiger charge is 2.29. The van der Waals surface area contributed by atoms with E-state index >= 15 is 0 Å². The average molecular weight is 494 g/mol. The highest BCUT2D eigenvalue weighted by atomic mass is 35.5. The molecule has 0 heterocycles. The normalized spacial score (nSPS) is 11.0. The number of unbranched alkanes of at least 4 members (excludes halogenated alkanes) is 3. The number of hydrogen-bond donors (Lipinski definition) is 0. The maximum absolute atomic E-state index is 6.21. The van der Waals surface area contributed by atoms with Crippen LogP contribution in [0.15, 0.2) is 72.8 Å². The second-order valence-corrected chi connectivity index (χ2v) is 10.2. The summed E-state index contributed by atoms with van der Waals surface area (Å²) in [5, 5.41) is 2.27. The number of rotatable bonds is 8. The molecule has 0 saturated heterocycles. The van der Waals surface area contributed by atoms with Gasteiger partial charge < -0.3 is 0 Å². The van der Waals surface area contributed by atoms with Crippen molar-refractivity contribution in [1.29, 1.82) is 0 Å². The van der Waals surface area contributed by atoms with E-state index in [4.69, 9.17) is 34.8 Å². The Kier molecular flexibility index (Phi) is 11.4. The van der Waals surface area contributed by atoms with Crippen molar-refractivity contribution in [2.75, 3.05) is 12.5 Å². The van der Waals surface area contributed by atoms with E-state index in [1.807, 2.05) is 36.4 Å². The van der Waals surface area contributed by atoms with Crippen molar-refractivity contribution in [3.8, 4) is 0 Å². The summed E-state index contributed by atoms with van der Waals surface area (Å²) in [4.78, 5) is 0. The minimum atomic E-state index is -1.15. The van der Waals surface area contributed by atoms with E-state index in [9.17, 15) is 0 Å². The summed E-state index contributed by atoms with van der Waals surface area (Å²) in [5.74, 6) is 0. The summed E-state index contributed by atoms with van der Waals surface area (Å²) >= 11 is 20.1. The molecule has 5 heteroatoms. The largest absolute Gasteiger partial charge is 0.200 e. The quantitative estimate of drug-likeness (QED) is 0.141. The lowest BCUT2D eigenvalue weighted by atomic mass is 9.14. The first-order chi connectivity index (χ1) is 15.0. The lowest BCUT2D eigenvalue weighted by Gasteiger charge is -2.43. The Morgan fingerprint density at radius 3 is 1.19 bits per heavy atom. The fourth-order valence-corrected chi connectivity index (χ4v) is 4.71. The minimum absolute atomic E-state index is 0.756. The van der Waals surface area contributed by atoms with Crippen molar-refractivity contribution in [3.63, 3.8) is 0 Å². The van der Waals surface area contributed by atoms with Crippen LogP contribution in [0.1, 0.15) is 32.6 Å². The zero-order chi connectivity index (χ0) is 22.7. The van der Waals surface area contributed by atoms with Gasteiger partial charge in [0.25, 0.3) is 0 Å². The van der Waals surface area contributed by atoms with Crippen LogP contribution in [0.2, 0.25) is 21.4 Å². The number of halogens is 3. The summed E-state index contributed by atoms with van der Waals surface area (Å²) in [6, 6.07) is 25.0. The van der Waals surface area contributed by atoms with Crippen LogP contribution in [0.4, 0.5) is 0 Å². The van der Waals surface area contributed by atoms with Gasteiger partial charge in [-0.15, -0.1) is 0 Å². The summed E-state index contributed by atoms with van der Waals surface area (Å²) in [5.41, 5.74) is 3.89. The third kappa shape index (κ3) is 7.22. The highest BCUT2D eigenvalue weighted by molar-refractivity contribution is 7.76. The second kappa shape index (κ2) is 13.5. The third-order valence-corrected chi connectivity index (χ3v) is 6.56. The zero-order valence-electron chi connectivity index (χ0n) is 18.6. The predicted octanol–water partition coefficient (Wildman–Crippen LogP) is 6.76. The first-order valence-corrected chi connectivity index (χ1v) is 13.8. The van der Waals surface area contributed by atoms with Crippen molar-refractivity contribution >= 4 is 69.1 Å². The summed E-state index contributed by atoms with van der Waals surface area (Å²) in [6.45, 7) is 2.25. The summed E-state index contributed by atoms with van der Waals surface area (Å²) in [7, 11) is 0. The molecule has 0 aliphatic rings. The van der Waals surface area contributed by atoms with Crippen molar-refractivity contribution in [2.45, 2.75) is 38.9 Å². The van der Waals surface area contributed by atoms with Crippen molar-refractivity contribution in [2.24, 2.45) is 0 Å². The maximum Gasteiger partial charge on any atom is 0.0949 e. The first-order valence-electron chi connectivity index (χ1n) is 10.9. The molecule has 3 aromatic rings. The fraction of sp³-hybridized carbons (Fsp3) is 0.308. The number of thiol groups is 1. The van der Waals surface area contributed by atoms with Crippen LogP contribution in [-0.2, 0) is 11.8 Å². The van der Waals surface area contributed by atoms with Gasteiger partial charge in [-0.05, 0) is 48.2 Å². The van der Waals surface area contributed by atoms with E-state index in [0.29, 0.717) is 0 Å². The van der Waals surface area contributed by atoms with Gasteiger partial charge in [0.1, 0.15) is 0 Å². The van der Waals surface area contributed by atoms with Gasteiger partial charge in [0.05, 0.1) is 18.7 Å². The molecular weight excluding hydrogens is 462 g/mol. The van der Waals surface area contributed by atoms with Crippen molar-refractivity contribution < 1.29 is 0 Å². The molecule has 0 radical (unpaired) electrons. The molecule has 0 atom stereocenters. The lowest BCUT2D eigenvalue weighted by Crippen LogP contribution is -2.66. The van der Waals surface area contributed by atoms with Crippen LogP contribution < -0.4 is 16.4 Å². The molecule has 0 nitrogen and oxygen atoms in total. The van der Waals surface area contributed by atoms with E-state index in [-0.39, 0.29) is 0 Å². The van der Waals surface area contributed by atoms with Crippen LogP contribution in [0.25, 0.3) is 0 Å². The number of hydrogen-bond acceptors (Lipinski definition) is 0. The average Bonchev–Trinajstić information content (AvgIpc) is 2.77. The van der Waals surface area contributed by atoms with Crippen LogP contribution in [0.5, 0.6) is 0 Å². The first kappa shape index (κ1) is 26.2. The molecule has 0 saturated carbocycles. The Morgan fingerprint density at radius 2 is 0.903 bits per heavy atom. The van der Waals surface area contributed by atoms with Gasteiger partial charge in [0, 0.05) is 15.1 Å². The van der Waals surface area contributed by atoms with E-state index in [1.165, 1.54) is 53.8 Å². The molecule has 0 aliphatic heterocycles. The summed E-state index contributed by atoms with van der Waals surface area (Å²) < 4.78 is 0. The molecule has 166 valence electrons. The molecule has 3 aromatic carbocycles. The number of benzene rings is 3. The Balaban J connectivity index is 0.00000107. The van der Waals surface area contributed by atoms with Gasteiger partial charge in [-0.25, -0.2) is 0 Å². The molecule has 0 N–H and O–H groups in total. The monoisotopic (exact) mass is 492 g/mol. The maximum atomic E-state index is 6.21. The predicted molar refractivity (Wildman–Crippen MR) is 149 cm³/mol. The SMILES string of the molecule is CCCCCC[B-](c1ccc(Cl)cc1)(c1ccc(Cl)cc1)c1ccc(Cl)cc1.C[SH+]C. The van der Waals surface area contributed by atoms with Crippen LogP contribution >= 0.6 is 34.8 Å². The van der Waals surface area contributed by atoms with Gasteiger partial charge in [-0.3, -0.25) is 0 Å². The molecule has 31 heavy (non-hydrogen) atoms. The topological polar surface area (TPSA) is 0 Å². The van der Waals surface area contributed by atoms with Gasteiger partial charge in [0.2, 0.25) is 0 Å². The molecule has 0 bridgehead atoms. The van der Waals surface area contributed by atoms with Gasteiger partial charge in [-0.2, -0.15) is 22.7 Å². The highest BCUT2D eigenvalue weighted by Crippen LogP contribution is 2.20. The van der Waals surface area contributed by atoms with E-state index in [0.717, 1.165) is 21.4 Å². The molecule has 0 aliphatic carbocycles.